The van der Waals surface area contributed by atoms with E-state index in [1.54, 1.807) is 0 Å². The molecule has 0 radical (unpaired) electrons. The van der Waals surface area contributed by atoms with E-state index in [1.807, 2.05) is 31.2 Å². The summed E-state index contributed by atoms with van der Waals surface area (Å²) in [5.74, 6) is 0.124. The first-order chi connectivity index (χ1) is 10.1. The maximum Gasteiger partial charge on any atom is 0.220 e. The zero-order chi connectivity index (χ0) is 15.5. The minimum Gasteiger partial charge on any atom is -0.398 e. The van der Waals surface area contributed by atoms with Crippen LogP contribution in [0, 0.1) is 0 Å². The fraction of sp³-hybridized carbons (Fsp3) is 0.611. The van der Waals surface area contributed by atoms with Crippen LogP contribution in [-0.4, -0.2) is 5.91 Å². The van der Waals surface area contributed by atoms with Gasteiger partial charge >= 0.3 is 0 Å². The highest BCUT2D eigenvalue weighted by Crippen LogP contribution is 2.19. The number of nitrogens with one attached hydrogen (secondary N) is 1. The molecule has 0 aromatic heterocycles. The molecule has 21 heavy (non-hydrogen) atoms. The fourth-order valence-corrected chi connectivity index (χ4v) is 2.54. The number of anilines is 1. The van der Waals surface area contributed by atoms with Crippen molar-refractivity contribution in [2.45, 2.75) is 71.3 Å². The molecule has 0 aliphatic heterocycles. The lowest BCUT2D eigenvalue weighted by atomic mass is 10.1. The average molecular weight is 290 g/mol. The van der Waals surface area contributed by atoms with E-state index in [-0.39, 0.29) is 11.9 Å². The van der Waals surface area contributed by atoms with Crippen molar-refractivity contribution in [3.8, 4) is 0 Å². The molecule has 118 valence electrons. The van der Waals surface area contributed by atoms with Crippen molar-refractivity contribution in [2.75, 3.05) is 5.73 Å². The lowest BCUT2D eigenvalue weighted by Crippen LogP contribution is -2.26. The van der Waals surface area contributed by atoms with Crippen LogP contribution in [0.25, 0.3) is 0 Å². The van der Waals surface area contributed by atoms with Crippen LogP contribution in [0.15, 0.2) is 24.3 Å². The SMILES string of the molecule is CCCCCCCCCC(=O)NC(C)c1ccccc1N. The van der Waals surface area contributed by atoms with Gasteiger partial charge < -0.3 is 11.1 Å². The Hall–Kier alpha value is -1.51. The van der Waals surface area contributed by atoms with Gasteiger partial charge in [-0.15, -0.1) is 0 Å². The van der Waals surface area contributed by atoms with Gasteiger partial charge in [0.1, 0.15) is 0 Å². The van der Waals surface area contributed by atoms with Crippen LogP contribution in [0.1, 0.15) is 76.8 Å². The Morgan fingerprint density at radius 1 is 1.10 bits per heavy atom. The molecular weight excluding hydrogens is 260 g/mol. The quantitative estimate of drug-likeness (QED) is 0.489. The highest BCUT2D eigenvalue weighted by Gasteiger charge is 2.11. The Labute approximate surface area is 129 Å². The van der Waals surface area contributed by atoms with E-state index in [0.717, 1.165) is 24.1 Å². The molecule has 0 bridgehead atoms. The van der Waals surface area contributed by atoms with Gasteiger partial charge in [0, 0.05) is 12.1 Å². The van der Waals surface area contributed by atoms with E-state index in [4.69, 9.17) is 5.73 Å². The van der Waals surface area contributed by atoms with Crippen LogP contribution < -0.4 is 11.1 Å². The predicted molar refractivity (Wildman–Crippen MR) is 90.0 cm³/mol. The topological polar surface area (TPSA) is 55.1 Å². The first-order valence-corrected chi connectivity index (χ1v) is 8.29. The number of benzene rings is 1. The molecule has 0 fully saturated rings. The number of nitrogens with two attached hydrogens (primary N) is 1. The molecule has 3 nitrogen and oxygen atoms in total. The van der Waals surface area contributed by atoms with E-state index >= 15 is 0 Å². The fourth-order valence-electron chi connectivity index (χ4n) is 2.54. The van der Waals surface area contributed by atoms with Gasteiger partial charge in [0.25, 0.3) is 0 Å². The van der Waals surface area contributed by atoms with Crippen molar-refractivity contribution in [1.82, 2.24) is 5.32 Å². The number of unbranched alkanes of at least 4 members (excludes halogenated alkanes) is 6. The normalized spacial score (nSPS) is 12.1. The second kappa shape index (κ2) is 10.3. The number of nitrogen functional groups attached to an aromatic ring is 1. The molecule has 1 rings (SSSR count). The van der Waals surface area contributed by atoms with Gasteiger partial charge in [-0.25, -0.2) is 0 Å². The van der Waals surface area contributed by atoms with Gasteiger partial charge in [0.2, 0.25) is 5.91 Å². The zero-order valence-electron chi connectivity index (χ0n) is 13.5. The van der Waals surface area contributed by atoms with E-state index in [0.29, 0.717) is 6.42 Å². The van der Waals surface area contributed by atoms with E-state index < -0.39 is 0 Å². The van der Waals surface area contributed by atoms with Crippen molar-refractivity contribution >= 4 is 11.6 Å². The molecule has 1 amide bonds. The maximum atomic E-state index is 11.9. The van der Waals surface area contributed by atoms with Gasteiger partial charge in [0.15, 0.2) is 0 Å². The first-order valence-electron chi connectivity index (χ1n) is 8.29. The lowest BCUT2D eigenvalue weighted by Gasteiger charge is -2.16. The van der Waals surface area contributed by atoms with Crippen molar-refractivity contribution in [1.29, 1.82) is 0 Å². The average Bonchev–Trinajstić information content (AvgIpc) is 2.46. The lowest BCUT2D eigenvalue weighted by molar-refractivity contribution is -0.121. The standard InChI is InChI=1S/C18H30N2O/c1-3-4-5-6-7-8-9-14-18(21)20-15(2)16-12-10-11-13-17(16)19/h10-13,15H,3-9,14,19H2,1-2H3,(H,20,21). The molecule has 0 spiro atoms. The number of carbonyl (C=O) groups excluding carboxylic acids is 1. The van der Waals surface area contributed by atoms with Gasteiger partial charge in [-0.3, -0.25) is 4.79 Å². The summed E-state index contributed by atoms with van der Waals surface area (Å²) in [5, 5.41) is 3.03. The van der Waals surface area contributed by atoms with Crippen molar-refractivity contribution in [3.63, 3.8) is 0 Å². The second-order valence-electron chi connectivity index (χ2n) is 5.79. The number of rotatable bonds is 10. The molecule has 3 heteroatoms. The molecule has 1 unspecified atom stereocenters. The maximum absolute atomic E-state index is 11.9. The Bertz CT molecular complexity index is 417. The van der Waals surface area contributed by atoms with E-state index in [2.05, 4.69) is 12.2 Å². The minimum atomic E-state index is -0.0248. The largest absolute Gasteiger partial charge is 0.398 e. The molecule has 3 N–H and O–H groups in total. The number of carbonyl (C=O) groups is 1. The van der Waals surface area contributed by atoms with Gasteiger partial charge in [-0.2, -0.15) is 0 Å². The summed E-state index contributed by atoms with van der Waals surface area (Å²) < 4.78 is 0. The third-order valence-electron chi connectivity index (χ3n) is 3.85. The van der Waals surface area contributed by atoms with Gasteiger partial charge in [-0.05, 0) is 25.0 Å². The Morgan fingerprint density at radius 3 is 2.38 bits per heavy atom. The number of hydrogen-bond donors (Lipinski definition) is 2. The van der Waals surface area contributed by atoms with Crippen molar-refractivity contribution in [2.24, 2.45) is 0 Å². The first kappa shape index (κ1) is 17.5. The van der Waals surface area contributed by atoms with E-state index in [1.165, 1.54) is 32.1 Å². The third kappa shape index (κ3) is 7.16. The summed E-state index contributed by atoms with van der Waals surface area (Å²) in [5.41, 5.74) is 7.65. The third-order valence-corrected chi connectivity index (χ3v) is 3.85. The summed E-state index contributed by atoms with van der Waals surface area (Å²) in [6, 6.07) is 7.67. The van der Waals surface area contributed by atoms with Crippen molar-refractivity contribution < 1.29 is 4.79 Å². The summed E-state index contributed by atoms with van der Waals surface area (Å²) in [4.78, 5) is 11.9. The molecule has 1 atom stereocenters. The van der Waals surface area contributed by atoms with Crippen LogP contribution in [0.2, 0.25) is 0 Å². The van der Waals surface area contributed by atoms with Gasteiger partial charge in [0.05, 0.1) is 6.04 Å². The Balaban J connectivity index is 2.17. The smallest absolute Gasteiger partial charge is 0.220 e. The van der Waals surface area contributed by atoms with Crippen molar-refractivity contribution in [3.05, 3.63) is 29.8 Å². The summed E-state index contributed by atoms with van der Waals surface area (Å²) in [7, 11) is 0. The molecule has 0 aliphatic carbocycles. The van der Waals surface area contributed by atoms with Crippen LogP contribution in [0.3, 0.4) is 0 Å². The summed E-state index contributed by atoms with van der Waals surface area (Å²) in [6.45, 7) is 4.21. The number of amides is 1. The van der Waals surface area contributed by atoms with Crippen LogP contribution >= 0.6 is 0 Å². The van der Waals surface area contributed by atoms with Crippen LogP contribution in [-0.2, 0) is 4.79 Å². The van der Waals surface area contributed by atoms with Gasteiger partial charge in [-0.1, -0.05) is 63.6 Å². The molecule has 0 heterocycles. The molecule has 0 saturated heterocycles. The Morgan fingerprint density at radius 2 is 1.71 bits per heavy atom. The highest BCUT2D eigenvalue weighted by molar-refractivity contribution is 5.76. The monoisotopic (exact) mass is 290 g/mol. The van der Waals surface area contributed by atoms with E-state index in [9.17, 15) is 4.79 Å². The number of para-hydroxylation sites is 1. The molecule has 0 saturated carbocycles. The molecule has 1 aromatic rings. The second-order valence-corrected chi connectivity index (χ2v) is 5.79. The summed E-state index contributed by atoms with van der Waals surface area (Å²) in [6.07, 6.45) is 9.23. The molecular formula is C18H30N2O. The molecule has 1 aromatic carbocycles. The molecule has 0 aliphatic rings. The predicted octanol–water partition coefficient (Wildman–Crippen LogP) is 4.59. The van der Waals surface area contributed by atoms with Crippen LogP contribution in [0.5, 0.6) is 0 Å². The Kier molecular flexibility index (Phi) is 8.56. The summed E-state index contributed by atoms with van der Waals surface area (Å²) >= 11 is 0. The van der Waals surface area contributed by atoms with Crippen LogP contribution in [0.4, 0.5) is 5.69 Å². The minimum absolute atomic E-state index is 0.0248. The number of hydrogen-bond acceptors (Lipinski definition) is 2. The highest BCUT2D eigenvalue weighted by atomic mass is 16.1. The zero-order valence-corrected chi connectivity index (χ0v) is 13.5.